The molecule has 0 atom stereocenters. The van der Waals surface area contributed by atoms with E-state index in [1.165, 1.54) is 0 Å². The van der Waals surface area contributed by atoms with Crippen LogP contribution in [0.25, 0.3) is 0 Å². The third-order valence-electron chi connectivity index (χ3n) is 4.58. The molecule has 29 heavy (non-hydrogen) atoms. The number of aryl methyl sites for hydroxylation is 1. The van der Waals surface area contributed by atoms with E-state index in [1.54, 1.807) is 24.3 Å². The molecule has 1 heterocycles. The zero-order valence-corrected chi connectivity index (χ0v) is 15.9. The van der Waals surface area contributed by atoms with Crippen molar-refractivity contribution in [3.8, 4) is 11.5 Å². The molecule has 1 aliphatic rings. The topological polar surface area (TPSA) is 76.7 Å². The zero-order valence-electron chi connectivity index (χ0n) is 15.9. The predicted octanol–water partition coefficient (Wildman–Crippen LogP) is 3.91. The van der Waals surface area contributed by atoms with Crippen LogP contribution in [0, 0.1) is 6.92 Å². The van der Waals surface area contributed by atoms with E-state index >= 15 is 0 Å². The maximum Gasteiger partial charge on any atom is 0.255 e. The normalized spacial score (nSPS) is 11.8. The van der Waals surface area contributed by atoms with Gasteiger partial charge < -0.3 is 20.1 Å². The van der Waals surface area contributed by atoms with E-state index in [-0.39, 0.29) is 18.6 Å². The number of anilines is 1. The lowest BCUT2D eigenvalue weighted by molar-refractivity contribution is 0.0949. The molecule has 0 radical (unpaired) electrons. The molecule has 0 saturated heterocycles. The molecule has 0 saturated carbocycles. The summed E-state index contributed by atoms with van der Waals surface area (Å²) in [4.78, 5) is 24.8. The summed E-state index contributed by atoms with van der Waals surface area (Å²) < 4.78 is 10.6. The number of rotatable bonds is 5. The number of benzene rings is 3. The van der Waals surface area contributed by atoms with Gasteiger partial charge in [0.1, 0.15) is 0 Å². The van der Waals surface area contributed by atoms with Crippen molar-refractivity contribution in [2.75, 3.05) is 12.1 Å². The summed E-state index contributed by atoms with van der Waals surface area (Å²) in [6, 6.07) is 19.7. The van der Waals surface area contributed by atoms with Gasteiger partial charge in [-0.2, -0.15) is 0 Å². The maximum absolute atomic E-state index is 12.4. The molecule has 0 aromatic heterocycles. The summed E-state index contributed by atoms with van der Waals surface area (Å²) in [5, 5.41) is 5.72. The van der Waals surface area contributed by atoms with Crippen LogP contribution in [-0.4, -0.2) is 18.6 Å². The highest BCUT2D eigenvalue weighted by atomic mass is 16.7. The van der Waals surface area contributed by atoms with Gasteiger partial charge in [-0.3, -0.25) is 9.59 Å². The molecule has 2 amide bonds. The smallest absolute Gasteiger partial charge is 0.255 e. The van der Waals surface area contributed by atoms with E-state index in [1.807, 2.05) is 49.4 Å². The lowest BCUT2D eigenvalue weighted by Crippen LogP contribution is -2.23. The highest BCUT2D eigenvalue weighted by molar-refractivity contribution is 6.05. The van der Waals surface area contributed by atoms with Gasteiger partial charge in [-0.05, 0) is 66.6 Å². The first-order chi connectivity index (χ1) is 14.1. The molecule has 3 aromatic carbocycles. The first-order valence-electron chi connectivity index (χ1n) is 9.23. The van der Waals surface area contributed by atoms with Gasteiger partial charge in [-0.15, -0.1) is 0 Å². The van der Waals surface area contributed by atoms with Crippen molar-refractivity contribution in [3.05, 3.63) is 89.0 Å². The first-order valence-corrected chi connectivity index (χ1v) is 9.23. The number of fused-ring (bicyclic) bond motifs is 1. The van der Waals surface area contributed by atoms with Crippen molar-refractivity contribution in [1.82, 2.24) is 5.32 Å². The molecule has 0 bridgehead atoms. The van der Waals surface area contributed by atoms with Crippen molar-refractivity contribution in [2.45, 2.75) is 13.5 Å². The van der Waals surface area contributed by atoms with Crippen LogP contribution in [-0.2, 0) is 6.54 Å². The highest BCUT2D eigenvalue weighted by Gasteiger charge is 2.14. The fourth-order valence-corrected chi connectivity index (χ4v) is 3.03. The van der Waals surface area contributed by atoms with E-state index in [0.717, 1.165) is 16.8 Å². The maximum atomic E-state index is 12.4. The van der Waals surface area contributed by atoms with E-state index in [2.05, 4.69) is 10.6 Å². The van der Waals surface area contributed by atoms with Gasteiger partial charge in [0.05, 0.1) is 0 Å². The van der Waals surface area contributed by atoms with Crippen LogP contribution in [0.5, 0.6) is 11.5 Å². The minimum atomic E-state index is -0.220. The zero-order chi connectivity index (χ0) is 20.2. The molecule has 6 heteroatoms. The van der Waals surface area contributed by atoms with Crippen molar-refractivity contribution < 1.29 is 19.1 Å². The van der Waals surface area contributed by atoms with Crippen LogP contribution in [0.4, 0.5) is 5.69 Å². The molecule has 3 aromatic rings. The molecule has 0 spiro atoms. The van der Waals surface area contributed by atoms with Crippen LogP contribution < -0.4 is 20.1 Å². The number of hydrogen-bond donors (Lipinski definition) is 2. The summed E-state index contributed by atoms with van der Waals surface area (Å²) in [6.45, 7) is 2.55. The second-order valence-electron chi connectivity index (χ2n) is 6.77. The van der Waals surface area contributed by atoms with Crippen LogP contribution >= 0.6 is 0 Å². The molecule has 1 aliphatic heterocycles. The average molecular weight is 388 g/mol. The Morgan fingerprint density at radius 1 is 0.862 bits per heavy atom. The standard InChI is InChI=1S/C23H20N2O4/c1-15-3-2-4-19(11-15)25-23(27)18-8-6-17(7-9-18)22(26)24-13-16-5-10-20-21(12-16)29-14-28-20/h2-12H,13-14H2,1H3,(H,24,26)(H,25,27). The Bertz CT molecular complexity index is 1060. The fraction of sp³-hybridized carbons (Fsp3) is 0.130. The minimum Gasteiger partial charge on any atom is -0.454 e. The summed E-state index contributed by atoms with van der Waals surface area (Å²) in [5.74, 6) is 0.955. The summed E-state index contributed by atoms with van der Waals surface area (Å²) in [6.07, 6.45) is 0. The molecule has 4 rings (SSSR count). The number of carbonyl (C=O) groups is 2. The Morgan fingerprint density at radius 3 is 2.34 bits per heavy atom. The largest absolute Gasteiger partial charge is 0.454 e. The molecular weight excluding hydrogens is 368 g/mol. The lowest BCUT2D eigenvalue weighted by atomic mass is 10.1. The minimum absolute atomic E-state index is 0.215. The van der Waals surface area contributed by atoms with Crippen LogP contribution in [0.1, 0.15) is 31.8 Å². The Hall–Kier alpha value is -3.80. The molecule has 0 fully saturated rings. The number of carbonyl (C=O) groups excluding carboxylic acids is 2. The molecule has 6 nitrogen and oxygen atoms in total. The quantitative estimate of drug-likeness (QED) is 0.695. The molecular formula is C23H20N2O4. The van der Waals surface area contributed by atoms with Gasteiger partial charge in [0, 0.05) is 23.4 Å². The molecule has 0 aliphatic carbocycles. The number of ether oxygens (including phenoxy) is 2. The summed E-state index contributed by atoms with van der Waals surface area (Å²) in [7, 11) is 0. The Kier molecular flexibility index (Phi) is 5.16. The summed E-state index contributed by atoms with van der Waals surface area (Å²) in [5.41, 5.74) is 3.69. The van der Waals surface area contributed by atoms with Crippen LogP contribution in [0.3, 0.4) is 0 Å². The van der Waals surface area contributed by atoms with Crippen molar-refractivity contribution in [3.63, 3.8) is 0 Å². The number of amides is 2. The van der Waals surface area contributed by atoms with E-state index in [4.69, 9.17) is 9.47 Å². The van der Waals surface area contributed by atoms with Crippen LogP contribution in [0.15, 0.2) is 66.7 Å². The van der Waals surface area contributed by atoms with Gasteiger partial charge in [0.25, 0.3) is 11.8 Å². The van der Waals surface area contributed by atoms with Gasteiger partial charge >= 0.3 is 0 Å². The first kappa shape index (κ1) is 18.6. The second kappa shape index (κ2) is 8.06. The average Bonchev–Trinajstić information content (AvgIpc) is 3.20. The molecule has 0 unspecified atom stereocenters. The number of nitrogens with one attached hydrogen (secondary N) is 2. The molecule has 146 valence electrons. The Labute approximate surface area is 168 Å². The third kappa shape index (κ3) is 4.38. The Balaban J connectivity index is 1.35. The monoisotopic (exact) mass is 388 g/mol. The highest BCUT2D eigenvalue weighted by Crippen LogP contribution is 2.32. The fourth-order valence-electron chi connectivity index (χ4n) is 3.03. The van der Waals surface area contributed by atoms with Crippen molar-refractivity contribution in [1.29, 1.82) is 0 Å². The lowest BCUT2D eigenvalue weighted by Gasteiger charge is -2.08. The second-order valence-corrected chi connectivity index (χ2v) is 6.77. The van der Waals surface area contributed by atoms with Crippen molar-refractivity contribution in [2.24, 2.45) is 0 Å². The molecule has 2 N–H and O–H groups in total. The van der Waals surface area contributed by atoms with Gasteiger partial charge in [0.2, 0.25) is 6.79 Å². The van der Waals surface area contributed by atoms with E-state index < -0.39 is 0 Å². The third-order valence-corrected chi connectivity index (χ3v) is 4.58. The predicted molar refractivity (Wildman–Crippen MR) is 109 cm³/mol. The number of hydrogen-bond acceptors (Lipinski definition) is 4. The van der Waals surface area contributed by atoms with Gasteiger partial charge in [0.15, 0.2) is 11.5 Å². The van der Waals surface area contributed by atoms with E-state index in [0.29, 0.717) is 29.2 Å². The van der Waals surface area contributed by atoms with Gasteiger partial charge in [-0.1, -0.05) is 18.2 Å². The van der Waals surface area contributed by atoms with Gasteiger partial charge in [-0.25, -0.2) is 0 Å². The Morgan fingerprint density at radius 2 is 1.59 bits per heavy atom. The SMILES string of the molecule is Cc1cccc(NC(=O)c2ccc(C(=O)NCc3ccc4c(c3)OCO4)cc2)c1. The summed E-state index contributed by atoms with van der Waals surface area (Å²) >= 11 is 0. The van der Waals surface area contributed by atoms with Crippen LogP contribution in [0.2, 0.25) is 0 Å². The van der Waals surface area contributed by atoms with Crippen molar-refractivity contribution >= 4 is 17.5 Å². The van der Waals surface area contributed by atoms with E-state index in [9.17, 15) is 9.59 Å².